The van der Waals surface area contributed by atoms with E-state index in [4.69, 9.17) is 0 Å². The van der Waals surface area contributed by atoms with Crippen LogP contribution in [0.5, 0.6) is 0 Å². The first kappa shape index (κ1) is 15.2. The molecule has 0 aliphatic rings. The highest BCUT2D eigenvalue weighted by atomic mass is 32.1. The second kappa shape index (κ2) is 6.34. The van der Waals surface area contributed by atoms with Crippen molar-refractivity contribution in [3.8, 4) is 0 Å². The van der Waals surface area contributed by atoms with E-state index in [0.717, 1.165) is 6.42 Å². The van der Waals surface area contributed by atoms with E-state index in [0.29, 0.717) is 0 Å². The molecule has 0 saturated heterocycles. The highest BCUT2D eigenvalue weighted by molar-refractivity contribution is 7.10. The molecule has 0 bridgehead atoms. The molecule has 2 unspecified atom stereocenters. The molecule has 18 heavy (non-hydrogen) atoms. The van der Waals surface area contributed by atoms with Gasteiger partial charge < -0.3 is 5.32 Å². The molecule has 0 saturated carbocycles. The number of carbonyl (C=O) groups excluding carboxylic acids is 1. The van der Waals surface area contributed by atoms with Crippen LogP contribution in [0.2, 0.25) is 0 Å². The van der Waals surface area contributed by atoms with E-state index in [1.54, 1.807) is 11.3 Å². The lowest BCUT2D eigenvalue weighted by atomic mass is 10.0. The summed E-state index contributed by atoms with van der Waals surface area (Å²) in [5.41, 5.74) is -0.140. The van der Waals surface area contributed by atoms with Gasteiger partial charge in [-0.2, -0.15) is 0 Å². The molecule has 0 fully saturated rings. The van der Waals surface area contributed by atoms with Gasteiger partial charge in [0.05, 0.1) is 6.04 Å². The average molecular weight is 268 g/mol. The van der Waals surface area contributed by atoms with Crippen molar-refractivity contribution < 1.29 is 4.79 Å². The summed E-state index contributed by atoms with van der Waals surface area (Å²) in [6.07, 6.45) is 0.923. The zero-order chi connectivity index (χ0) is 13.8. The Kier molecular flexibility index (Phi) is 5.35. The monoisotopic (exact) mass is 268 g/mol. The summed E-state index contributed by atoms with van der Waals surface area (Å²) >= 11 is 1.71. The van der Waals surface area contributed by atoms with Gasteiger partial charge in [0.2, 0.25) is 5.91 Å². The van der Waals surface area contributed by atoms with Gasteiger partial charge in [0, 0.05) is 16.5 Å². The summed E-state index contributed by atoms with van der Waals surface area (Å²) in [6, 6.07) is 4.13. The molecule has 2 atom stereocenters. The predicted molar refractivity (Wildman–Crippen MR) is 77.8 cm³/mol. The first-order valence-electron chi connectivity index (χ1n) is 6.47. The van der Waals surface area contributed by atoms with Crippen LogP contribution in [0.1, 0.15) is 52.0 Å². The molecule has 1 amide bonds. The molecule has 2 N–H and O–H groups in total. The molecule has 3 nitrogen and oxygen atoms in total. The van der Waals surface area contributed by atoms with Crippen LogP contribution in [-0.4, -0.2) is 17.5 Å². The molecular formula is C14H24N2OS. The fourth-order valence-corrected chi connectivity index (χ4v) is 2.34. The van der Waals surface area contributed by atoms with Crippen LogP contribution in [0.15, 0.2) is 17.5 Å². The number of nitrogens with one attached hydrogen (secondary N) is 2. The SMILES string of the molecule is CCC(C)(C)NC(=O)C(C)NC(C)c1cccs1. The lowest BCUT2D eigenvalue weighted by Gasteiger charge is -2.27. The van der Waals surface area contributed by atoms with E-state index in [1.807, 2.05) is 26.8 Å². The minimum absolute atomic E-state index is 0.0604. The molecule has 1 rings (SSSR count). The zero-order valence-electron chi connectivity index (χ0n) is 11.9. The molecule has 1 heterocycles. The standard InChI is InChI=1S/C14H24N2OS/c1-6-14(4,5)16-13(17)11(3)15-10(2)12-8-7-9-18-12/h7-11,15H,6H2,1-5H3,(H,16,17). The molecule has 0 aliphatic carbocycles. The van der Waals surface area contributed by atoms with Crippen LogP contribution in [-0.2, 0) is 4.79 Å². The lowest BCUT2D eigenvalue weighted by Crippen LogP contribution is -2.51. The number of thiophene rings is 1. The third-order valence-electron chi connectivity index (χ3n) is 3.21. The third-order valence-corrected chi connectivity index (χ3v) is 4.26. The summed E-state index contributed by atoms with van der Waals surface area (Å²) < 4.78 is 0. The fraction of sp³-hybridized carbons (Fsp3) is 0.643. The van der Waals surface area contributed by atoms with Gasteiger partial charge in [0.15, 0.2) is 0 Å². The van der Waals surface area contributed by atoms with Crippen molar-refractivity contribution in [2.75, 3.05) is 0 Å². The Hall–Kier alpha value is -0.870. The normalized spacial score (nSPS) is 15.2. The topological polar surface area (TPSA) is 41.1 Å². The fourth-order valence-electron chi connectivity index (χ4n) is 1.60. The van der Waals surface area contributed by atoms with E-state index in [-0.39, 0.29) is 23.5 Å². The summed E-state index contributed by atoms with van der Waals surface area (Å²) in [7, 11) is 0. The predicted octanol–water partition coefficient (Wildman–Crippen LogP) is 3.09. The van der Waals surface area contributed by atoms with Crippen molar-refractivity contribution in [3.63, 3.8) is 0 Å². The van der Waals surface area contributed by atoms with Crippen molar-refractivity contribution in [1.82, 2.24) is 10.6 Å². The maximum atomic E-state index is 12.1. The number of rotatable bonds is 6. The molecule has 0 spiro atoms. The Morgan fingerprint density at radius 1 is 1.44 bits per heavy atom. The van der Waals surface area contributed by atoms with E-state index < -0.39 is 0 Å². The molecule has 102 valence electrons. The lowest BCUT2D eigenvalue weighted by molar-refractivity contribution is -0.124. The number of hydrogen-bond acceptors (Lipinski definition) is 3. The van der Waals surface area contributed by atoms with Crippen molar-refractivity contribution in [3.05, 3.63) is 22.4 Å². The van der Waals surface area contributed by atoms with Crippen molar-refractivity contribution in [1.29, 1.82) is 0 Å². The van der Waals surface area contributed by atoms with Crippen LogP contribution < -0.4 is 10.6 Å². The largest absolute Gasteiger partial charge is 0.350 e. The number of hydrogen-bond donors (Lipinski definition) is 2. The van der Waals surface area contributed by atoms with Gasteiger partial charge in [0.1, 0.15) is 0 Å². The minimum atomic E-state index is -0.187. The molecule has 0 aliphatic heterocycles. The van der Waals surface area contributed by atoms with Crippen molar-refractivity contribution in [2.24, 2.45) is 0 Å². The summed E-state index contributed by atoms with van der Waals surface area (Å²) in [5, 5.41) is 8.44. The first-order valence-corrected chi connectivity index (χ1v) is 7.35. The molecule has 4 heteroatoms. The second-order valence-corrected chi connectivity index (χ2v) is 6.33. The van der Waals surface area contributed by atoms with Crippen LogP contribution >= 0.6 is 11.3 Å². The molecule has 0 aromatic carbocycles. The quantitative estimate of drug-likeness (QED) is 0.832. The van der Waals surface area contributed by atoms with E-state index >= 15 is 0 Å². The van der Waals surface area contributed by atoms with Gasteiger partial charge in [-0.25, -0.2) is 0 Å². The van der Waals surface area contributed by atoms with Gasteiger partial charge in [-0.15, -0.1) is 11.3 Å². The minimum Gasteiger partial charge on any atom is -0.350 e. The maximum Gasteiger partial charge on any atom is 0.237 e. The second-order valence-electron chi connectivity index (χ2n) is 5.35. The van der Waals surface area contributed by atoms with Gasteiger partial charge in [-0.05, 0) is 45.6 Å². The Balaban J connectivity index is 2.50. The Morgan fingerprint density at radius 3 is 2.61 bits per heavy atom. The number of carbonyl (C=O) groups is 1. The van der Waals surface area contributed by atoms with E-state index in [2.05, 4.69) is 35.9 Å². The Labute approximate surface area is 114 Å². The Bertz CT molecular complexity index is 373. The van der Waals surface area contributed by atoms with Crippen molar-refractivity contribution >= 4 is 17.2 Å². The summed E-state index contributed by atoms with van der Waals surface area (Å²) in [6.45, 7) is 10.2. The maximum absolute atomic E-state index is 12.1. The Morgan fingerprint density at radius 2 is 2.11 bits per heavy atom. The molecule has 1 aromatic rings. The van der Waals surface area contributed by atoms with Gasteiger partial charge in [-0.3, -0.25) is 10.1 Å². The van der Waals surface area contributed by atoms with Crippen molar-refractivity contribution in [2.45, 2.75) is 58.7 Å². The smallest absolute Gasteiger partial charge is 0.237 e. The highest BCUT2D eigenvalue weighted by Gasteiger charge is 2.22. The summed E-state index contributed by atoms with van der Waals surface area (Å²) in [5.74, 6) is 0.0604. The average Bonchev–Trinajstić information content (AvgIpc) is 2.81. The first-order chi connectivity index (χ1) is 8.35. The van der Waals surface area contributed by atoms with E-state index in [9.17, 15) is 4.79 Å². The molecule has 0 radical (unpaired) electrons. The highest BCUT2D eigenvalue weighted by Crippen LogP contribution is 2.18. The molecule has 1 aromatic heterocycles. The number of amides is 1. The summed E-state index contributed by atoms with van der Waals surface area (Å²) in [4.78, 5) is 13.3. The van der Waals surface area contributed by atoms with E-state index in [1.165, 1.54) is 4.88 Å². The van der Waals surface area contributed by atoms with Crippen LogP contribution in [0, 0.1) is 0 Å². The molecular weight excluding hydrogens is 244 g/mol. The van der Waals surface area contributed by atoms with Crippen LogP contribution in [0.3, 0.4) is 0 Å². The van der Waals surface area contributed by atoms with Gasteiger partial charge in [-0.1, -0.05) is 13.0 Å². The zero-order valence-corrected chi connectivity index (χ0v) is 12.7. The van der Waals surface area contributed by atoms with Crippen LogP contribution in [0.4, 0.5) is 0 Å². The van der Waals surface area contributed by atoms with Gasteiger partial charge in [0.25, 0.3) is 0 Å². The van der Waals surface area contributed by atoms with Crippen LogP contribution in [0.25, 0.3) is 0 Å². The van der Waals surface area contributed by atoms with Gasteiger partial charge >= 0.3 is 0 Å². The third kappa shape index (κ3) is 4.42.